The number of nitrogens with two attached hydrogens (primary N) is 1. The molecule has 0 saturated heterocycles. The number of rotatable bonds is 12. The van der Waals surface area contributed by atoms with Crippen LogP contribution in [-0.4, -0.2) is 25.7 Å². The Bertz CT molecular complexity index is 1110. The first-order valence-electron chi connectivity index (χ1n) is 11.5. The zero-order chi connectivity index (χ0) is 24.5. The highest BCUT2D eigenvalue weighted by Crippen LogP contribution is 2.32. The molecule has 0 aliphatic heterocycles. The van der Waals surface area contributed by atoms with Gasteiger partial charge in [0.15, 0.2) is 0 Å². The van der Waals surface area contributed by atoms with Crippen molar-refractivity contribution in [2.75, 3.05) is 19.8 Å². The Kier molecular flexibility index (Phi) is 9.05. The highest BCUT2D eigenvalue weighted by molar-refractivity contribution is 5.74. The van der Waals surface area contributed by atoms with E-state index in [4.69, 9.17) is 19.9 Å². The minimum absolute atomic E-state index is 0.114. The molecule has 0 aromatic heterocycles. The van der Waals surface area contributed by atoms with Crippen LogP contribution in [-0.2, 0) is 22.6 Å². The van der Waals surface area contributed by atoms with Crippen molar-refractivity contribution in [3.63, 3.8) is 0 Å². The van der Waals surface area contributed by atoms with Crippen LogP contribution in [0.1, 0.15) is 35.6 Å². The molecule has 3 aromatic carbocycles. The molecule has 3 aromatic rings. The number of hydrogen-bond acceptors (Lipinski definition) is 4. The van der Waals surface area contributed by atoms with Gasteiger partial charge in [0.05, 0.1) is 6.61 Å². The second-order valence-electron chi connectivity index (χ2n) is 8.19. The van der Waals surface area contributed by atoms with Crippen LogP contribution in [0.2, 0.25) is 0 Å². The third-order valence-electron chi connectivity index (χ3n) is 5.49. The second kappa shape index (κ2) is 12.2. The Morgan fingerprint density at radius 3 is 2.38 bits per heavy atom. The van der Waals surface area contributed by atoms with Crippen LogP contribution < -0.4 is 15.2 Å². The summed E-state index contributed by atoms with van der Waals surface area (Å²) in [7, 11) is 0. The van der Waals surface area contributed by atoms with Crippen molar-refractivity contribution in [1.82, 2.24) is 0 Å². The smallest absolute Gasteiger partial charge is 0.217 e. The third kappa shape index (κ3) is 7.06. The fourth-order valence-electron chi connectivity index (χ4n) is 3.89. The quantitative estimate of drug-likeness (QED) is 0.358. The fraction of sp³-hybridized carbons (Fsp3) is 0.321. The highest BCUT2D eigenvalue weighted by Gasteiger charge is 2.10. The maximum absolute atomic E-state index is 14.3. The lowest BCUT2D eigenvalue weighted by Crippen LogP contribution is -2.11. The summed E-state index contributed by atoms with van der Waals surface area (Å²) >= 11 is 0. The standard InChI is InChI=1S/C28H32FNO4/c1-4-32-12-13-33-25-14-19(2)28(20(3)15-25)23-7-5-6-21(16-23)18-34-24-10-8-22(26(29)17-24)9-11-27(30)31/h5-8,10,14-17H,4,9,11-13,18H2,1-3H3,(H2,30,31). The molecule has 0 radical (unpaired) electrons. The number of hydrogen-bond donors (Lipinski definition) is 1. The highest BCUT2D eigenvalue weighted by atomic mass is 19.1. The number of benzene rings is 3. The molecule has 1 amide bonds. The molecule has 5 nitrogen and oxygen atoms in total. The fourth-order valence-corrected chi connectivity index (χ4v) is 3.89. The molecule has 0 spiro atoms. The maximum atomic E-state index is 14.3. The average molecular weight is 466 g/mol. The monoisotopic (exact) mass is 465 g/mol. The summed E-state index contributed by atoms with van der Waals surface area (Å²) in [5.41, 5.74) is 11.1. The van der Waals surface area contributed by atoms with Crippen molar-refractivity contribution in [2.45, 2.75) is 40.2 Å². The second-order valence-corrected chi connectivity index (χ2v) is 8.19. The molecule has 0 atom stereocenters. The van der Waals surface area contributed by atoms with Crippen LogP contribution in [0.5, 0.6) is 11.5 Å². The van der Waals surface area contributed by atoms with Gasteiger partial charge in [-0.25, -0.2) is 4.39 Å². The molecule has 34 heavy (non-hydrogen) atoms. The van der Waals surface area contributed by atoms with E-state index in [1.807, 2.05) is 31.2 Å². The lowest BCUT2D eigenvalue weighted by Gasteiger charge is -2.15. The molecule has 0 bridgehead atoms. The number of amides is 1. The van der Waals surface area contributed by atoms with Crippen LogP contribution in [0.3, 0.4) is 0 Å². The van der Waals surface area contributed by atoms with Gasteiger partial charge in [0, 0.05) is 19.1 Å². The van der Waals surface area contributed by atoms with Crippen molar-refractivity contribution in [2.24, 2.45) is 5.73 Å². The van der Waals surface area contributed by atoms with Gasteiger partial charge in [-0.05, 0) is 84.8 Å². The number of primary amides is 1. The number of carbonyl (C=O) groups is 1. The number of aryl methyl sites for hydroxylation is 3. The molecule has 2 N–H and O–H groups in total. The zero-order valence-electron chi connectivity index (χ0n) is 20.0. The van der Waals surface area contributed by atoms with Gasteiger partial charge in [-0.1, -0.05) is 24.3 Å². The van der Waals surface area contributed by atoms with E-state index in [9.17, 15) is 9.18 Å². The van der Waals surface area contributed by atoms with E-state index in [2.05, 4.69) is 26.0 Å². The van der Waals surface area contributed by atoms with Crippen molar-refractivity contribution in [3.8, 4) is 22.6 Å². The number of halogens is 1. The minimum Gasteiger partial charge on any atom is -0.491 e. The van der Waals surface area contributed by atoms with E-state index in [1.54, 1.807) is 12.1 Å². The van der Waals surface area contributed by atoms with E-state index in [0.717, 1.165) is 33.6 Å². The van der Waals surface area contributed by atoms with Crippen molar-refractivity contribution < 1.29 is 23.4 Å². The van der Waals surface area contributed by atoms with Crippen molar-refractivity contribution >= 4 is 5.91 Å². The first kappa shape index (κ1) is 25.2. The van der Waals surface area contributed by atoms with Crippen LogP contribution in [0.25, 0.3) is 11.1 Å². The van der Waals surface area contributed by atoms with Gasteiger partial charge in [0.2, 0.25) is 5.91 Å². The Morgan fingerprint density at radius 2 is 1.71 bits per heavy atom. The van der Waals surface area contributed by atoms with Crippen molar-refractivity contribution in [3.05, 3.63) is 82.7 Å². The summed E-state index contributed by atoms with van der Waals surface area (Å²) in [5.74, 6) is 0.419. The van der Waals surface area contributed by atoms with Gasteiger partial charge in [-0.15, -0.1) is 0 Å². The van der Waals surface area contributed by atoms with Gasteiger partial charge in [-0.2, -0.15) is 0 Å². The van der Waals surface area contributed by atoms with Gasteiger partial charge in [-0.3, -0.25) is 4.79 Å². The molecule has 6 heteroatoms. The Hall–Kier alpha value is -3.38. The maximum Gasteiger partial charge on any atom is 0.217 e. The summed E-state index contributed by atoms with van der Waals surface area (Å²) in [4.78, 5) is 10.9. The molecule has 0 aliphatic rings. The van der Waals surface area contributed by atoms with Crippen LogP contribution in [0.4, 0.5) is 4.39 Å². The summed E-state index contributed by atoms with van der Waals surface area (Å²) in [6.07, 6.45) is 0.391. The SMILES string of the molecule is CCOCCOc1cc(C)c(-c2cccc(COc3ccc(CCC(N)=O)c(F)c3)c2)c(C)c1. The largest absolute Gasteiger partial charge is 0.491 e. The van der Waals surface area contributed by atoms with E-state index in [0.29, 0.717) is 37.7 Å². The van der Waals surface area contributed by atoms with E-state index < -0.39 is 11.7 Å². The summed E-state index contributed by atoms with van der Waals surface area (Å²) in [5, 5.41) is 0. The van der Waals surface area contributed by atoms with E-state index >= 15 is 0 Å². The molecule has 0 unspecified atom stereocenters. The zero-order valence-corrected chi connectivity index (χ0v) is 20.0. The van der Waals surface area contributed by atoms with E-state index in [-0.39, 0.29) is 12.8 Å². The number of ether oxygens (including phenoxy) is 3. The van der Waals surface area contributed by atoms with Crippen molar-refractivity contribution in [1.29, 1.82) is 0 Å². The van der Waals surface area contributed by atoms with Gasteiger partial charge >= 0.3 is 0 Å². The van der Waals surface area contributed by atoms with Crippen LogP contribution >= 0.6 is 0 Å². The first-order chi connectivity index (χ1) is 16.4. The Morgan fingerprint density at radius 1 is 0.941 bits per heavy atom. The average Bonchev–Trinajstić information content (AvgIpc) is 2.80. The molecule has 0 fully saturated rings. The summed E-state index contributed by atoms with van der Waals surface area (Å²) in [6.45, 7) is 8.18. The van der Waals surface area contributed by atoms with E-state index in [1.165, 1.54) is 6.07 Å². The third-order valence-corrected chi connectivity index (χ3v) is 5.49. The molecule has 0 aliphatic carbocycles. The molecule has 0 saturated carbocycles. The predicted octanol–water partition coefficient (Wildman–Crippen LogP) is 5.52. The van der Waals surface area contributed by atoms with Crippen LogP contribution in [0.15, 0.2) is 54.6 Å². The number of carbonyl (C=O) groups excluding carboxylic acids is 1. The molecular weight excluding hydrogens is 433 g/mol. The van der Waals surface area contributed by atoms with Gasteiger partial charge in [0.1, 0.15) is 30.5 Å². The molecule has 0 heterocycles. The summed E-state index contributed by atoms with van der Waals surface area (Å²) < 4.78 is 31.3. The lowest BCUT2D eigenvalue weighted by atomic mass is 9.94. The molecular formula is C28H32FNO4. The predicted molar refractivity (Wildman–Crippen MR) is 132 cm³/mol. The van der Waals surface area contributed by atoms with Crippen LogP contribution in [0, 0.1) is 19.7 Å². The summed E-state index contributed by atoms with van der Waals surface area (Å²) in [6, 6.07) is 16.9. The minimum atomic E-state index is -0.450. The molecule has 180 valence electrons. The topological polar surface area (TPSA) is 70.8 Å². The first-order valence-corrected chi connectivity index (χ1v) is 11.5. The normalized spacial score (nSPS) is 10.8. The Labute approximate surface area is 200 Å². The Balaban J connectivity index is 1.68. The van der Waals surface area contributed by atoms with Gasteiger partial charge in [0.25, 0.3) is 0 Å². The molecule has 3 rings (SSSR count). The lowest BCUT2D eigenvalue weighted by molar-refractivity contribution is -0.117. The van der Waals surface area contributed by atoms with Gasteiger partial charge < -0.3 is 19.9 Å².